The molecule has 0 bridgehead atoms. The van der Waals surface area contributed by atoms with Gasteiger partial charge in [-0.25, -0.2) is 4.98 Å². The Labute approximate surface area is 284 Å². The summed E-state index contributed by atoms with van der Waals surface area (Å²) in [4.78, 5) is 16.4. The van der Waals surface area contributed by atoms with Crippen LogP contribution in [0, 0.1) is 11.8 Å². The number of benzene rings is 3. The van der Waals surface area contributed by atoms with Crippen molar-refractivity contribution in [2.45, 2.75) is 45.4 Å². The van der Waals surface area contributed by atoms with Crippen LogP contribution in [0.25, 0.3) is 53.5 Å². The lowest BCUT2D eigenvalue weighted by Crippen LogP contribution is -2.16. The number of nitrogens with zero attached hydrogens (tertiary/aromatic N) is 3. The minimum absolute atomic E-state index is 0.353. The molecule has 4 aliphatic rings. The van der Waals surface area contributed by atoms with E-state index in [1.54, 1.807) is 0 Å². The Morgan fingerprint density at radius 1 is 0.812 bits per heavy atom. The first-order valence-electron chi connectivity index (χ1n) is 17.4. The van der Waals surface area contributed by atoms with Gasteiger partial charge in [-0.2, -0.15) is 0 Å². The van der Waals surface area contributed by atoms with E-state index in [0.29, 0.717) is 11.8 Å². The molecule has 10 rings (SSSR count). The van der Waals surface area contributed by atoms with Crippen LogP contribution in [0.5, 0.6) is 0 Å². The summed E-state index contributed by atoms with van der Waals surface area (Å²) in [5.74, 6) is 0.790. The average Bonchev–Trinajstić information content (AvgIpc) is 3.53. The van der Waals surface area contributed by atoms with E-state index in [4.69, 9.17) is 15.0 Å². The number of rotatable bonds is 3. The molecule has 0 N–H and O–H groups in total. The molecule has 1 aliphatic heterocycles. The number of hydrogen-bond donors (Lipinski definition) is 0. The van der Waals surface area contributed by atoms with Gasteiger partial charge in [0.1, 0.15) is 0 Å². The van der Waals surface area contributed by atoms with E-state index in [1.807, 2.05) is 23.7 Å². The molecular formula is C44H35N3S. The number of aliphatic imine (C=N–C) groups is 1. The summed E-state index contributed by atoms with van der Waals surface area (Å²) in [6.45, 7) is 2.37. The molecular weight excluding hydrogens is 603 g/mol. The molecule has 0 fully saturated rings. The summed E-state index contributed by atoms with van der Waals surface area (Å²) in [6, 6.07) is 24.3. The minimum atomic E-state index is 0.353. The van der Waals surface area contributed by atoms with E-state index in [-0.39, 0.29) is 0 Å². The Morgan fingerprint density at radius 3 is 2.58 bits per heavy atom. The molecule has 4 heteroatoms. The molecule has 2 atom stereocenters. The van der Waals surface area contributed by atoms with Gasteiger partial charge in [-0.05, 0) is 107 Å². The predicted octanol–water partition coefficient (Wildman–Crippen LogP) is 11.4. The molecule has 232 valence electrons. The van der Waals surface area contributed by atoms with Gasteiger partial charge >= 0.3 is 0 Å². The van der Waals surface area contributed by atoms with Crippen LogP contribution < -0.4 is 0 Å². The van der Waals surface area contributed by atoms with Crippen molar-refractivity contribution in [2.75, 3.05) is 0 Å². The lowest BCUT2D eigenvalue weighted by molar-refractivity contribution is 0.558. The number of hydrogen-bond acceptors (Lipinski definition) is 4. The largest absolute Gasteiger partial charge is 0.259 e. The van der Waals surface area contributed by atoms with Gasteiger partial charge in [-0.3, -0.25) is 9.98 Å². The molecule has 3 aromatic carbocycles. The molecule has 0 saturated carbocycles. The molecule has 3 nitrogen and oxygen atoms in total. The van der Waals surface area contributed by atoms with Crippen LogP contribution in [0.3, 0.4) is 0 Å². The van der Waals surface area contributed by atoms with Crippen molar-refractivity contribution < 1.29 is 0 Å². The van der Waals surface area contributed by atoms with Crippen molar-refractivity contribution in [2.24, 2.45) is 16.8 Å². The molecule has 3 aliphatic carbocycles. The van der Waals surface area contributed by atoms with Gasteiger partial charge in [0.25, 0.3) is 0 Å². The molecule has 0 radical (unpaired) electrons. The summed E-state index contributed by atoms with van der Waals surface area (Å²) in [5.41, 5.74) is 15.5. The SMILES string of the molecule is CC1C=CC(c2nc3ccccc3c3c2CCc2c-3sc3ccccc23)=CC1C1=CC=C(c2cc3c(c4ncccc24)N=CCC3)CC1. The fourth-order valence-corrected chi connectivity index (χ4v) is 9.92. The van der Waals surface area contributed by atoms with Crippen LogP contribution in [0.4, 0.5) is 5.69 Å². The zero-order chi connectivity index (χ0) is 31.8. The highest BCUT2D eigenvalue weighted by atomic mass is 32.1. The summed E-state index contributed by atoms with van der Waals surface area (Å²) in [5, 5.41) is 3.91. The smallest absolute Gasteiger partial charge is 0.0967 e. The number of allylic oxidation sites excluding steroid dienone is 8. The number of aromatic nitrogens is 2. The van der Waals surface area contributed by atoms with Crippen LogP contribution in [0.15, 0.2) is 114 Å². The summed E-state index contributed by atoms with van der Waals surface area (Å²) < 4.78 is 1.38. The maximum Gasteiger partial charge on any atom is 0.0967 e. The third-order valence-electron chi connectivity index (χ3n) is 11.0. The minimum Gasteiger partial charge on any atom is -0.259 e. The van der Waals surface area contributed by atoms with Gasteiger partial charge < -0.3 is 0 Å². The van der Waals surface area contributed by atoms with Crippen molar-refractivity contribution in [3.8, 4) is 10.4 Å². The number of pyridine rings is 2. The Morgan fingerprint density at radius 2 is 1.67 bits per heavy atom. The van der Waals surface area contributed by atoms with Gasteiger partial charge in [0, 0.05) is 44.2 Å². The number of aryl methyl sites for hydroxylation is 2. The summed E-state index contributed by atoms with van der Waals surface area (Å²) in [7, 11) is 0. The molecule has 3 aromatic heterocycles. The van der Waals surface area contributed by atoms with E-state index in [1.165, 1.54) is 76.0 Å². The molecule has 4 heterocycles. The number of para-hydroxylation sites is 1. The van der Waals surface area contributed by atoms with E-state index in [9.17, 15) is 0 Å². The standard InChI is InChI=1S/C44H35N3S/c1-26-14-15-30(41-35-21-20-33-31-9-3-5-13-39(31)48-44(33)40(35)34-10-2-4-12-38(34)47-41)24-36(26)27-16-18-28(19-17-27)37-25-29-8-6-22-45-42(29)43-32(37)11-7-23-46-43/h2-5,7,9-16,18,22-26,36H,6,8,17,19-21H2,1H3. The van der Waals surface area contributed by atoms with Crippen LogP contribution in [0.2, 0.25) is 0 Å². The first-order valence-corrected chi connectivity index (χ1v) is 18.2. The Hall–Kier alpha value is -4.93. The second kappa shape index (κ2) is 11.1. The van der Waals surface area contributed by atoms with Gasteiger partial charge in [-0.1, -0.05) is 85.3 Å². The molecule has 0 amide bonds. The highest BCUT2D eigenvalue weighted by Gasteiger charge is 2.29. The molecule has 6 aromatic rings. The number of fused-ring (bicyclic) bond motifs is 10. The molecule has 2 unspecified atom stereocenters. The van der Waals surface area contributed by atoms with Crippen LogP contribution >= 0.6 is 11.3 Å². The Bertz CT molecular complexity index is 2490. The highest BCUT2D eigenvalue weighted by Crippen LogP contribution is 2.49. The van der Waals surface area contributed by atoms with Crippen molar-refractivity contribution >= 4 is 66.3 Å². The second-order valence-corrected chi connectivity index (χ2v) is 14.8. The van der Waals surface area contributed by atoms with Gasteiger partial charge in [-0.15, -0.1) is 11.3 Å². The van der Waals surface area contributed by atoms with Gasteiger partial charge in [0.15, 0.2) is 0 Å². The predicted molar refractivity (Wildman–Crippen MR) is 203 cm³/mol. The van der Waals surface area contributed by atoms with Crippen molar-refractivity contribution in [3.05, 3.63) is 137 Å². The van der Waals surface area contributed by atoms with Gasteiger partial charge in [0.2, 0.25) is 0 Å². The first-order chi connectivity index (χ1) is 23.7. The van der Waals surface area contributed by atoms with Crippen molar-refractivity contribution in [3.63, 3.8) is 0 Å². The summed E-state index contributed by atoms with van der Waals surface area (Å²) in [6.07, 6.45) is 22.2. The lowest BCUT2D eigenvalue weighted by Gasteiger charge is -2.29. The zero-order valence-electron chi connectivity index (χ0n) is 27.0. The third kappa shape index (κ3) is 4.35. The lowest BCUT2D eigenvalue weighted by atomic mass is 9.76. The Kier molecular flexibility index (Phi) is 6.48. The third-order valence-corrected chi connectivity index (χ3v) is 12.2. The number of thiophene rings is 1. The molecule has 0 spiro atoms. The van der Waals surface area contributed by atoms with Crippen LogP contribution in [-0.2, 0) is 19.3 Å². The van der Waals surface area contributed by atoms with Crippen molar-refractivity contribution in [1.82, 2.24) is 9.97 Å². The van der Waals surface area contributed by atoms with Crippen LogP contribution in [0.1, 0.15) is 54.1 Å². The maximum absolute atomic E-state index is 5.40. The maximum atomic E-state index is 5.40. The first kappa shape index (κ1) is 28.1. The Balaban J connectivity index is 1.06. The zero-order valence-corrected chi connectivity index (χ0v) is 27.9. The fourth-order valence-electron chi connectivity index (χ4n) is 8.59. The van der Waals surface area contributed by atoms with E-state index in [0.717, 1.165) is 55.2 Å². The quantitative estimate of drug-likeness (QED) is 0.194. The van der Waals surface area contributed by atoms with E-state index >= 15 is 0 Å². The topological polar surface area (TPSA) is 38.1 Å². The molecule has 0 saturated heterocycles. The monoisotopic (exact) mass is 637 g/mol. The van der Waals surface area contributed by atoms with Crippen LogP contribution in [-0.4, -0.2) is 16.2 Å². The van der Waals surface area contributed by atoms with E-state index < -0.39 is 0 Å². The average molecular weight is 638 g/mol. The molecule has 48 heavy (non-hydrogen) atoms. The van der Waals surface area contributed by atoms with Gasteiger partial charge in [0.05, 0.1) is 22.4 Å². The fraction of sp³-hybridized carbons (Fsp3) is 0.205. The van der Waals surface area contributed by atoms with E-state index in [2.05, 4.69) is 104 Å². The summed E-state index contributed by atoms with van der Waals surface area (Å²) >= 11 is 1.95. The van der Waals surface area contributed by atoms with Crippen molar-refractivity contribution in [1.29, 1.82) is 0 Å². The normalized spacial score (nSPS) is 19.9. The second-order valence-electron chi connectivity index (χ2n) is 13.7. The highest BCUT2D eigenvalue weighted by molar-refractivity contribution is 7.22.